The van der Waals surface area contributed by atoms with Crippen molar-refractivity contribution < 1.29 is 14.7 Å². The van der Waals surface area contributed by atoms with Gasteiger partial charge in [0.05, 0.1) is 11.3 Å². The summed E-state index contributed by atoms with van der Waals surface area (Å²) < 4.78 is 1.56. The number of anilines is 1. The Morgan fingerprint density at radius 1 is 1.16 bits per heavy atom. The first-order valence-electron chi connectivity index (χ1n) is 11.0. The van der Waals surface area contributed by atoms with Gasteiger partial charge in [-0.15, -0.1) is 11.3 Å². The molecule has 2 aliphatic rings. The molecular weight excluding hydrogens is 428 g/mol. The zero-order chi connectivity index (χ0) is 22.2. The summed E-state index contributed by atoms with van der Waals surface area (Å²) in [7, 11) is 0. The Bertz CT molecular complexity index is 1220. The van der Waals surface area contributed by atoms with E-state index in [-0.39, 0.29) is 16.9 Å². The third-order valence-corrected chi connectivity index (χ3v) is 7.34. The van der Waals surface area contributed by atoms with Gasteiger partial charge in [-0.2, -0.15) is 0 Å². The van der Waals surface area contributed by atoms with Crippen molar-refractivity contribution in [3.63, 3.8) is 0 Å². The second kappa shape index (κ2) is 8.46. The van der Waals surface area contributed by atoms with Gasteiger partial charge in [0.25, 0.3) is 0 Å². The molecule has 1 aliphatic heterocycles. The molecule has 0 spiro atoms. The SMILES string of the molecule is O=C(O)c1cn(-c2nccs2)c2nc(N3CC(C(=O)CC4CCCCC4)C3)ccc2c1=O. The van der Waals surface area contributed by atoms with E-state index in [1.165, 1.54) is 49.6 Å². The van der Waals surface area contributed by atoms with Crippen LogP contribution in [0.25, 0.3) is 16.2 Å². The van der Waals surface area contributed by atoms with Gasteiger partial charge in [-0.05, 0) is 18.1 Å². The zero-order valence-electron chi connectivity index (χ0n) is 17.6. The number of Topliss-reactive ketones (excluding diaryl/α,β-unsaturated/α-hetero) is 1. The smallest absolute Gasteiger partial charge is 0.341 e. The van der Waals surface area contributed by atoms with Gasteiger partial charge in [0.2, 0.25) is 5.43 Å². The van der Waals surface area contributed by atoms with Gasteiger partial charge >= 0.3 is 5.97 Å². The van der Waals surface area contributed by atoms with Crippen molar-refractivity contribution in [3.05, 3.63) is 45.7 Å². The monoisotopic (exact) mass is 452 g/mol. The lowest BCUT2D eigenvalue weighted by atomic mass is 9.82. The van der Waals surface area contributed by atoms with E-state index >= 15 is 0 Å². The van der Waals surface area contributed by atoms with Gasteiger partial charge in [-0.3, -0.25) is 14.2 Å². The molecule has 1 aliphatic carbocycles. The number of fused-ring (bicyclic) bond motifs is 1. The van der Waals surface area contributed by atoms with Crippen LogP contribution >= 0.6 is 11.3 Å². The molecule has 0 bridgehead atoms. The summed E-state index contributed by atoms with van der Waals surface area (Å²) in [5.41, 5.74) is -0.521. The number of hydrogen-bond acceptors (Lipinski definition) is 7. The number of aromatic nitrogens is 3. The van der Waals surface area contributed by atoms with E-state index < -0.39 is 11.4 Å². The highest BCUT2D eigenvalue weighted by atomic mass is 32.1. The number of thiazole rings is 1. The Hall–Kier alpha value is -3.07. The Morgan fingerprint density at radius 3 is 2.62 bits per heavy atom. The molecule has 166 valence electrons. The van der Waals surface area contributed by atoms with Crippen molar-refractivity contribution in [1.29, 1.82) is 0 Å². The van der Waals surface area contributed by atoms with Crippen LogP contribution in [0.3, 0.4) is 0 Å². The lowest BCUT2D eigenvalue weighted by Crippen LogP contribution is -2.51. The normalized spacial score (nSPS) is 17.4. The molecular formula is C23H24N4O4S. The molecule has 2 fully saturated rings. The molecule has 8 nitrogen and oxygen atoms in total. The predicted octanol–water partition coefficient (Wildman–Crippen LogP) is 3.52. The maximum absolute atomic E-state index is 12.7. The Kier molecular flexibility index (Phi) is 5.50. The zero-order valence-corrected chi connectivity index (χ0v) is 18.4. The molecule has 4 heterocycles. The highest BCUT2D eigenvalue weighted by molar-refractivity contribution is 7.12. The van der Waals surface area contributed by atoms with Gasteiger partial charge < -0.3 is 10.0 Å². The summed E-state index contributed by atoms with van der Waals surface area (Å²) in [5.74, 6) is 0.310. The minimum absolute atomic E-state index is 0.0324. The van der Waals surface area contributed by atoms with Crippen LogP contribution in [-0.2, 0) is 4.79 Å². The largest absolute Gasteiger partial charge is 0.477 e. The Labute approximate surface area is 188 Å². The maximum atomic E-state index is 12.7. The summed E-state index contributed by atoms with van der Waals surface area (Å²) in [6.07, 6.45) is 9.69. The number of hydrogen-bond donors (Lipinski definition) is 1. The fourth-order valence-electron chi connectivity index (χ4n) is 4.71. The topological polar surface area (TPSA) is 105 Å². The van der Waals surface area contributed by atoms with Crippen LogP contribution in [0.2, 0.25) is 0 Å². The fourth-order valence-corrected chi connectivity index (χ4v) is 5.33. The summed E-state index contributed by atoms with van der Waals surface area (Å²) in [6, 6.07) is 3.34. The molecule has 3 aromatic heterocycles. The summed E-state index contributed by atoms with van der Waals surface area (Å²) in [4.78, 5) is 47.9. The molecule has 0 aromatic carbocycles. The number of carbonyl (C=O) groups excluding carboxylic acids is 1. The van der Waals surface area contributed by atoms with Crippen molar-refractivity contribution in [1.82, 2.24) is 14.5 Å². The molecule has 1 saturated carbocycles. The third-order valence-electron chi connectivity index (χ3n) is 6.57. The Morgan fingerprint density at radius 2 is 1.94 bits per heavy atom. The Balaban J connectivity index is 1.40. The third kappa shape index (κ3) is 3.81. The van der Waals surface area contributed by atoms with Crippen LogP contribution in [-0.4, -0.2) is 44.5 Å². The second-order valence-corrected chi connectivity index (χ2v) is 9.55. The number of carboxylic acid groups (broad SMARTS) is 1. The summed E-state index contributed by atoms with van der Waals surface area (Å²) in [6.45, 7) is 1.25. The van der Waals surface area contributed by atoms with Crippen LogP contribution in [0.1, 0.15) is 48.9 Å². The first kappa shape index (κ1) is 20.8. The maximum Gasteiger partial charge on any atom is 0.341 e. The number of aromatic carboxylic acids is 1. The molecule has 32 heavy (non-hydrogen) atoms. The number of pyridine rings is 2. The first-order chi connectivity index (χ1) is 15.5. The van der Waals surface area contributed by atoms with E-state index in [1.807, 2.05) is 4.90 Å². The predicted molar refractivity (Wildman–Crippen MR) is 122 cm³/mol. The minimum Gasteiger partial charge on any atom is -0.477 e. The molecule has 9 heteroatoms. The van der Waals surface area contributed by atoms with Crippen LogP contribution in [0.15, 0.2) is 34.7 Å². The van der Waals surface area contributed by atoms with E-state index in [2.05, 4.69) is 9.97 Å². The van der Waals surface area contributed by atoms with Crippen molar-refractivity contribution >= 4 is 39.9 Å². The quantitative estimate of drug-likeness (QED) is 0.610. The van der Waals surface area contributed by atoms with Gasteiger partial charge in [0.15, 0.2) is 10.8 Å². The number of rotatable bonds is 6. The van der Waals surface area contributed by atoms with Gasteiger partial charge in [0, 0.05) is 37.3 Å². The number of carbonyl (C=O) groups is 2. The highest BCUT2D eigenvalue weighted by Gasteiger charge is 2.34. The number of nitrogens with zero attached hydrogens (tertiary/aromatic N) is 4. The molecule has 5 rings (SSSR count). The van der Waals surface area contributed by atoms with Gasteiger partial charge in [-0.1, -0.05) is 32.1 Å². The van der Waals surface area contributed by atoms with Crippen LogP contribution in [0, 0.1) is 11.8 Å². The van der Waals surface area contributed by atoms with Crippen molar-refractivity contribution in [2.45, 2.75) is 38.5 Å². The number of carboxylic acids is 1. The van der Waals surface area contributed by atoms with Crippen LogP contribution in [0.4, 0.5) is 5.82 Å². The van der Waals surface area contributed by atoms with E-state index in [0.717, 1.165) is 0 Å². The van der Waals surface area contributed by atoms with Crippen LogP contribution in [0.5, 0.6) is 0 Å². The molecule has 1 saturated heterocycles. The van der Waals surface area contributed by atoms with E-state index in [4.69, 9.17) is 0 Å². The number of ketones is 1. The average molecular weight is 453 g/mol. The highest BCUT2D eigenvalue weighted by Crippen LogP contribution is 2.31. The van der Waals surface area contributed by atoms with Crippen molar-refractivity contribution in [2.24, 2.45) is 11.8 Å². The molecule has 0 atom stereocenters. The molecule has 0 unspecified atom stereocenters. The lowest BCUT2D eigenvalue weighted by Gasteiger charge is -2.40. The fraction of sp³-hybridized carbons (Fsp3) is 0.435. The lowest BCUT2D eigenvalue weighted by molar-refractivity contribution is -0.124. The van der Waals surface area contributed by atoms with E-state index in [1.54, 1.807) is 28.3 Å². The molecule has 3 aromatic rings. The molecule has 0 radical (unpaired) electrons. The first-order valence-corrected chi connectivity index (χ1v) is 11.9. The summed E-state index contributed by atoms with van der Waals surface area (Å²) >= 11 is 1.33. The van der Waals surface area contributed by atoms with E-state index in [9.17, 15) is 19.5 Å². The summed E-state index contributed by atoms with van der Waals surface area (Å²) in [5, 5.41) is 12.0. The van der Waals surface area contributed by atoms with Gasteiger partial charge in [-0.25, -0.2) is 14.8 Å². The second-order valence-electron chi connectivity index (χ2n) is 8.68. The molecule has 1 N–H and O–H groups in total. The van der Waals surface area contributed by atoms with E-state index in [0.29, 0.717) is 47.8 Å². The van der Waals surface area contributed by atoms with Gasteiger partial charge in [0.1, 0.15) is 17.2 Å². The average Bonchev–Trinajstić information content (AvgIpc) is 3.28. The standard InChI is InChI=1S/C23H24N4O4S/c28-18(10-14-4-2-1-3-5-14)15-11-26(12-15)19-7-6-16-20(29)17(22(30)31)13-27(21(16)25-19)23-24-8-9-32-23/h6-9,13-15H,1-5,10-12H2,(H,30,31). The molecule has 0 amide bonds. The minimum atomic E-state index is -1.28. The van der Waals surface area contributed by atoms with Crippen molar-refractivity contribution in [3.8, 4) is 5.13 Å². The van der Waals surface area contributed by atoms with Crippen LogP contribution < -0.4 is 10.3 Å². The van der Waals surface area contributed by atoms with Crippen molar-refractivity contribution in [2.75, 3.05) is 18.0 Å².